The highest BCUT2D eigenvalue weighted by atomic mass is 35.5. The van der Waals surface area contributed by atoms with Crippen LogP contribution in [0.25, 0.3) is 0 Å². The zero-order valence-corrected chi connectivity index (χ0v) is 29.3. The van der Waals surface area contributed by atoms with Gasteiger partial charge in [0.15, 0.2) is 11.5 Å². The molecule has 49 heavy (non-hydrogen) atoms. The Kier molecular flexibility index (Phi) is 12.2. The molecule has 0 saturated heterocycles. The molecule has 2 amide bonds. The first-order valence-electron chi connectivity index (χ1n) is 16.4. The molecule has 1 saturated carbocycles. The fraction of sp³-hybridized carbons (Fsp3) is 0.316. The highest BCUT2D eigenvalue weighted by molar-refractivity contribution is 7.92. The maximum Gasteiger partial charge on any atom is 0.264 e. The van der Waals surface area contributed by atoms with Crippen LogP contribution in [0.2, 0.25) is 5.02 Å². The molecule has 1 aliphatic carbocycles. The Balaban J connectivity index is 1.56. The summed E-state index contributed by atoms with van der Waals surface area (Å²) in [7, 11) is -1.47. The van der Waals surface area contributed by atoms with Gasteiger partial charge in [-0.15, -0.1) is 0 Å². The summed E-state index contributed by atoms with van der Waals surface area (Å²) in [5.41, 5.74) is 1.92. The van der Waals surface area contributed by atoms with E-state index in [1.54, 1.807) is 24.3 Å². The number of halogens is 1. The summed E-state index contributed by atoms with van der Waals surface area (Å²) < 4.78 is 40.6. The number of carbonyl (C=O) groups excluding carboxylic acids is 2. The summed E-state index contributed by atoms with van der Waals surface area (Å²) in [6, 6.07) is 28.5. The Bertz CT molecular complexity index is 1800. The van der Waals surface area contributed by atoms with Gasteiger partial charge >= 0.3 is 0 Å². The van der Waals surface area contributed by atoms with Crippen molar-refractivity contribution < 1.29 is 27.5 Å². The lowest BCUT2D eigenvalue weighted by atomic mass is 9.94. The van der Waals surface area contributed by atoms with Crippen molar-refractivity contribution in [3.63, 3.8) is 0 Å². The molecule has 0 unspecified atom stereocenters. The molecule has 0 spiro atoms. The molecule has 5 rings (SSSR count). The van der Waals surface area contributed by atoms with Crippen LogP contribution in [0.3, 0.4) is 0 Å². The Labute approximate surface area is 293 Å². The van der Waals surface area contributed by atoms with Crippen molar-refractivity contribution in [3.05, 3.63) is 119 Å². The average molecular weight is 704 g/mol. The maximum absolute atomic E-state index is 14.7. The fourth-order valence-corrected chi connectivity index (χ4v) is 7.67. The maximum atomic E-state index is 14.7. The van der Waals surface area contributed by atoms with Crippen molar-refractivity contribution in [2.45, 2.75) is 62.0 Å². The highest BCUT2D eigenvalue weighted by Crippen LogP contribution is 2.33. The topological polar surface area (TPSA) is 105 Å². The molecule has 1 fully saturated rings. The summed E-state index contributed by atoms with van der Waals surface area (Å²) in [5, 5.41) is 3.63. The van der Waals surface area contributed by atoms with E-state index < -0.39 is 28.5 Å². The molecule has 0 heterocycles. The SMILES string of the molecule is COc1ccc(S(=O)(=O)N(CC(=O)N(Cc2ccccc2)[C@@H](Cc2ccccc2)C(=O)NC2CCCCC2)c2ccc(Cl)cc2)cc1OC. The van der Waals surface area contributed by atoms with Crippen molar-refractivity contribution >= 4 is 39.1 Å². The zero-order chi connectivity index (χ0) is 34.8. The minimum atomic E-state index is -4.35. The van der Waals surface area contributed by atoms with Crippen LogP contribution in [-0.2, 0) is 32.6 Å². The van der Waals surface area contributed by atoms with Gasteiger partial charge in [-0.2, -0.15) is 0 Å². The predicted molar refractivity (Wildman–Crippen MR) is 191 cm³/mol. The van der Waals surface area contributed by atoms with Crippen LogP contribution in [0.1, 0.15) is 43.2 Å². The van der Waals surface area contributed by atoms with Crippen LogP contribution < -0.4 is 19.1 Å². The number of sulfonamides is 1. The van der Waals surface area contributed by atoms with Gasteiger partial charge in [-0.05, 0) is 60.4 Å². The van der Waals surface area contributed by atoms with Gasteiger partial charge in [0.05, 0.1) is 24.8 Å². The fourth-order valence-electron chi connectivity index (χ4n) is 6.12. The summed E-state index contributed by atoms with van der Waals surface area (Å²) in [5.74, 6) is -0.222. The van der Waals surface area contributed by atoms with Gasteiger partial charge in [-0.1, -0.05) is 91.5 Å². The van der Waals surface area contributed by atoms with Gasteiger partial charge in [0, 0.05) is 30.1 Å². The standard InChI is InChI=1S/C38H42ClN3O6S/c1-47-35-23-22-33(25-36(35)48-2)49(45,46)42(32-20-18-30(39)19-21-32)27-37(43)41(26-29-14-8-4-9-15-29)34(24-28-12-6-3-7-13-28)38(44)40-31-16-10-5-11-17-31/h3-4,6-9,12-15,18-23,25,31,34H,5,10-11,16-17,24,26-27H2,1-2H3,(H,40,44)/t34-/m0/s1. The lowest BCUT2D eigenvalue weighted by Gasteiger charge is -2.35. The third-order valence-corrected chi connectivity index (χ3v) is 10.8. The number of hydrogen-bond acceptors (Lipinski definition) is 6. The molecule has 11 heteroatoms. The van der Waals surface area contributed by atoms with E-state index >= 15 is 0 Å². The van der Waals surface area contributed by atoms with Crippen molar-refractivity contribution in [2.24, 2.45) is 0 Å². The van der Waals surface area contributed by atoms with Crippen LogP contribution in [0.4, 0.5) is 5.69 Å². The van der Waals surface area contributed by atoms with Gasteiger partial charge in [-0.3, -0.25) is 13.9 Å². The number of carbonyl (C=O) groups is 2. The van der Waals surface area contributed by atoms with Gasteiger partial charge in [0.2, 0.25) is 11.8 Å². The van der Waals surface area contributed by atoms with Gasteiger partial charge in [0.25, 0.3) is 10.0 Å². The Morgan fingerprint density at radius 1 is 0.816 bits per heavy atom. The Morgan fingerprint density at radius 2 is 1.43 bits per heavy atom. The smallest absolute Gasteiger partial charge is 0.264 e. The summed E-state index contributed by atoms with van der Waals surface area (Å²) in [4.78, 5) is 30.3. The molecular formula is C38H42ClN3O6S. The molecule has 0 aliphatic heterocycles. The van der Waals surface area contributed by atoms with E-state index in [9.17, 15) is 18.0 Å². The molecule has 4 aromatic carbocycles. The minimum Gasteiger partial charge on any atom is -0.493 e. The normalized spacial score (nSPS) is 14.0. The first kappa shape index (κ1) is 35.8. The van der Waals surface area contributed by atoms with Crippen molar-refractivity contribution in [2.75, 3.05) is 25.1 Å². The monoisotopic (exact) mass is 703 g/mol. The molecule has 1 atom stereocenters. The quantitative estimate of drug-likeness (QED) is 0.158. The van der Waals surface area contributed by atoms with E-state index in [0.717, 1.165) is 47.5 Å². The molecule has 1 N–H and O–H groups in total. The van der Waals surface area contributed by atoms with Gasteiger partial charge < -0.3 is 19.7 Å². The lowest BCUT2D eigenvalue weighted by molar-refractivity contribution is -0.140. The average Bonchev–Trinajstić information content (AvgIpc) is 3.13. The number of ether oxygens (including phenoxy) is 2. The highest BCUT2D eigenvalue weighted by Gasteiger charge is 2.35. The number of amides is 2. The third kappa shape index (κ3) is 9.13. The number of nitrogens with zero attached hydrogens (tertiary/aromatic N) is 2. The second-order valence-electron chi connectivity index (χ2n) is 12.1. The van der Waals surface area contributed by atoms with Gasteiger partial charge in [0.1, 0.15) is 12.6 Å². The molecule has 258 valence electrons. The number of rotatable bonds is 14. The number of hydrogen-bond donors (Lipinski definition) is 1. The van der Waals surface area contributed by atoms with E-state index in [1.807, 2.05) is 60.7 Å². The van der Waals surface area contributed by atoms with Crippen molar-refractivity contribution in [1.82, 2.24) is 10.2 Å². The molecule has 0 bridgehead atoms. The first-order valence-corrected chi connectivity index (χ1v) is 18.2. The summed E-state index contributed by atoms with van der Waals surface area (Å²) >= 11 is 6.18. The second kappa shape index (κ2) is 16.7. The van der Waals surface area contributed by atoms with Crippen LogP contribution in [0.15, 0.2) is 108 Å². The molecular weight excluding hydrogens is 662 g/mol. The largest absolute Gasteiger partial charge is 0.493 e. The number of methoxy groups -OCH3 is 2. The van der Waals surface area contributed by atoms with Crippen LogP contribution in [-0.4, -0.2) is 58.0 Å². The lowest BCUT2D eigenvalue weighted by Crippen LogP contribution is -2.55. The van der Waals surface area contributed by atoms with E-state index in [2.05, 4.69) is 5.32 Å². The van der Waals surface area contributed by atoms with E-state index in [4.69, 9.17) is 21.1 Å². The molecule has 0 radical (unpaired) electrons. The third-order valence-electron chi connectivity index (χ3n) is 8.75. The molecule has 0 aromatic heterocycles. The first-order chi connectivity index (χ1) is 23.7. The van der Waals surface area contributed by atoms with Crippen LogP contribution >= 0.6 is 11.6 Å². The van der Waals surface area contributed by atoms with E-state index in [1.165, 1.54) is 37.3 Å². The minimum absolute atomic E-state index is 0.0178. The zero-order valence-electron chi connectivity index (χ0n) is 27.8. The number of anilines is 1. The summed E-state index contributed by atoms with van der Waals surface area (Å²) in [6.07, 6.45) is 5.21. The molecule has 1 aliphatic rings. The van der Waals surface area contributed by atoms with E-state index in [-0.39, 0.29) is 41.2 Å². The van der Waals surface area contributed by atoms with Gasteiger partial charge in [-0.25, -0.2) is 8.42 Å². The predicted octanol–water partition coefficient (Wildman–Crippen LogP) is 6.64. The van der Waals surface area contributed by atoms with E-state index in [0.29, 0.717) is 10.8 Å². The summed E-state index contributed by atoms with van der Waals surface area (Å²) in [6.45, 7) is -0.479. The van der Waals surface area contributed by atoms with Crippen molar-refractivity contribution in [3.8, 4) is 11.5 Å². The number of benzene rings is 4. The Hall–Kier alpha value is -4.54. The Morgan fingerprint density at radius 3 is 2.04 bits per heavy atom. The van der Waals surface area contributed by atoms with Crippen LogP contribution in [0, 0.1) is 0 Å². The molecule has 4 aromatic rings. The van der Waals surface area contributed by atoms with Crippen molar-refractivity contribution in [1.29, 1.82) is 0 Å². The second-order valence-corrected chi connectivity index (χ2v) is 14.4. The molecule has 9 nitrogen and oxygen atoms in total. The van der Waals surface area contributed by atoms with Crippen LogP contribution in [0.5, 0.6) is 11.5 Å². The number of nitrogens with one attached hydrogen (secondary N) is 1.